The molecule has 0 amide bonds. The molecule has 1 heterocycles. The molecule has 1 rings (SSSR count). The fourth-order valence-corrected chi connectivity index (χ4v) is 2.30. The fraction of sp³-hybridized carbons (Fsp3) is 0.857. The summed E-state index contributed by atoms with van der Waals surface area (Å²) in [6.07, 6.45) is 2.69. The predicted molar refractivity (Wildman–Crippen MR) is 77.1 cm³/mol. The number of hydrogen-bond donors (Lipinski definition) is 1. The Bertz CT molecular complexity index is 348. The van der Waals surface area contributed by atoms with Gasteiger partial charge in [0.05, 0.1) is 5.41 Å². The summed E-state index contributed by atoms with van der Waals surface area (Å²) in [5.74, 6) is 1.50. The number of nitrogens with zero attached hydrogens (tertiary/aromatic N) is 3. The largest absolute Gasteiger partial charge is 0.339 e. The minimum atomic E-state index is -0.152. The highest BCUT2D eigenvalue weighted by Gasteiger charge is 2.33. The minimum absolute atomic E-state index is 0.152. The number of rotatable bonds is 9. The van der Waals surface area contributed by atoms with Gasteiger partial charge < -0.3 is 15.2 Å². The molecule has 19 heavy (non-hydrogen) atoms. The van der Waals surface area contributed by atoms with Crippen molar-refractivity contribution in [2.45, 2.75) is 52.4 Å². The maximum absolute atomic E-state index is 5.90. The summed E-state index contributed by atoms with van der Waals surface area (Å²) >= 11 is 0. The Kier molecular flexibility index (Phi) is 6.45. The van der Waals surface area contributed by atoms with Crippen LogP contribution in [0.15, 0.2) is 4.52 Å². The number of likely N-dealkylation sites (N-methyl/N-ethyl adjacent to an activating group) is 1. The van der Waals surface area contributed by atoms with E-state index in [4.69, 9.17) is 10.3 Å². The number of nitrogens with two attached hydrogens (primary N) is 1. The van der Waals surface area contributed by atoms with Gasteiger partial charge in [-0.25, -0.2) is 0 Å². The van der Waals surface area contributed by atoms with E-state index < -0.39 is 0 Å². The van der Waals surface area contributed by atoms with E-state index in [1.807, 2.05) is 0 Å². The van der Waals surface area contributed by atoms with Crippen molar-refractivity contribution >= 4 is 0 Å². The Hall–Kier alpha value is -0.940. The third-order valence-electron chi connectivity index (χ3n) is 4.21. The van der Waals surface area contributed by atoms with Gasteiger partial charge in [0, 0.05) is 19.5 Å². The van der Waals surface area contributed by atoms with Gasteiger partial charge in [0.15, 0.2) is 5.82 Å². The summed E-state index contributed by atoms with van der Waals surface area (Å²) in [4.78, 5) is 6.90. The van der Waals surface area contributed by atoms with Crippen LogP contribution in [0.2, 0.25) is 0 Å². The zero-order valence-corrected chi connectivity index (χ0v) is 12.8. The first kappa shape index (κ1) is 16.1. The molecule has 5 nitrogen and oxygen atoms in total. The van der Waals surface area contributed by atoms with Crippen LogP contribution in [0.4, 0.5) is 0 Å². The highest BCUT2D eigenvalue weighted by molar-refractivity contribution is 5.05. The lowest BCUT2D eigenvalue weighted by molar-refractivity contribution is 0.265. The van der Waals surface area contributed by atoms with Crippen molar-refractivity contribution in [1.82, 2.24) is 15.0 Å². The molecular formula is C14H28N4O. The van der Waals surface area contributed by atoms with Crippen molar-refractivity contribution < 1.29 is 4.52 Å². The van der Waals surface area contributed by atoms with E-state index in [0.717, 1.165) is 44.7 Å². The molecule has 0 aromatic carbocycles. The molecule has 0 aliphatic heterocycles. The van der Waals surface area contributed by atoms with E-state index in [1.165, 1.54) is 0 Å². The van der Waals surface area contributed by atoms with Gasteiger partial charge in [0.2, 0.25) is 5.89 Å². The van der Waals surface area contributed by atoms with Crippen molar-refractivity contribution in [3.05, 3.63) is 11.7 Å². The van der Waals surface area contributed by atoms with Crippen LogP contribution < -0.4 is 5.73 Å². The lowest BCUT2D eigenvalue weighted by Crippen LogP contribution is -2.34. The average Bonchev–Trinajstić information content (AvgIpc) is 2.92. The monoisotopic (exact) mass is 268 g/mol. The smallest absolute Gasteiger partial charge is 0.234 e. The van der Waals surface area contributed by atoms with E-state index in [2.05, 4.69) is 42.7 Å². The highest BCUT2D eigenvalue weighted by Crippen LogP contribution is 2.29. The van der Waals surface area contributed by atoms with Gasteiger partial charge >= 0.3 is 0 Å². The van der Waals surface area contributed by atoms with Gasteiger partial charge in [0.1, 0.15) is 0 Å². The average molecular weight is 268 g/mol. The van der Waals surface area contributed by atoms with Crippen LogP contribution in [0.1, 0.15) is 52.3 Å². The fourth-order valence-electron chi connectivity index (χ4n) is 2.30. The van der Waals surface area contributed by atoms with Crippen molar-refractivity contribution in [2.24, 2.45) is 5.73 Å². The Balaban J connectivity index is 2.71. The minimum Gasteiger partial charge on any atom is -0.339 e. The molecule has 0 bridgehead atoms. The molecule has 0 atom stereocenters. The number of aromatic nitrogens is 2. The summed E-state index contributed by atoms with van der Waals surface area (Å²) in [5.41, 5.74) is 5.75. The molecule has 0 aliphatic rings. The van der Waals surface area contributed by atoms with Crippen LogP contribution >= 0.6 is 0 Å². The molecular weight excluding hydrogens is 240 g/mol. The van der Waals surface area contributed by atoms with E-state index in [-0.39, 0.29) is 5.41 Å². The second kappa shape index (κ2) is 7.60. The molecule has 110 valence electrons. The van der Waals surface area contributed by atoms with E-state index in [1.54, 1.807) is 0 Å². The van der Waals surface area contributed by atoms with Crippen LogP contribution in [0.3, 0.4) is 0 Å². The van der Waals surface area contributed by atoms with Crippen LogP contribution in [-0.2, 0) is 11.8 Å². The summed E-state index contributed by atoms with van der Waals surface area (Å²) in [6.45, 7) is 12.2. The molecule has 0 aliphatic carbocycles. The third-order valence-corrected chi connectivity index (χ3v) is 4.21. The topological polar surface area (TPSA) is 68.2 Å². The van der Waals surface area contributed by atoms with Crippen molar-refractivity contribution in [3.63, 3.8) is 0 Å². The van der Waals surface area contributed by atoms with Gasteiger partial charge in [-0.3, -0.25) is 0 Å². The second-order valence-corrected chi connectivity index (χ2v) is 4.98. The van der Waals surface area contributed by atoms with Crippen LogP contribution in [0, 0.1) is 0 Å². The Morgan fingerprint density at radius 2 is 1.79 bits per heavy atom. The lowest BCUT2D eigenvalue weighted by Gasteiger charge is -2.24. The Morgan fingerprint density at radius 3 is 2.26 bits per heavy atom. The van der Waals surface area contributed by atoms with Crippen molar-refractivity contribution in [1.29, 1.82) is 0 Å². The molecule has 2 N–H and O–H groups in total. The van der Waals surface area contributed by atoms with Gasteiger partial charge in [-0.05, 0) is 25.9 Å². The van der Waals surface area contributed by atoms with Gasteiger partial charge in [-0.2, -0.15) is 4.98 Å². The van der Waals surface area contributed by atoms with E-state index in [9.17, 15) is 0 Å². The first-order chi connectivity index (χ1) is 9.15. The second-order valence-electron chi connectivity index (χ2n) is 4.98. The summed E-state index contributed by atoms with van der Waals surface area (Å²) in [7, 11) is 0. The molecule has 0 radical (unpaired) electrons. The summed E-state index contributed by atoms with van der Waals surface area (Å²) in [5, 5.41) is 4.10. The zero-order valence-electron chi connectivity index (χ0n) is 12.8. The predicted octanol–water partition coefficient (Wildman–Crippen LogP) is 1.97. The van der Waals surface area contributed by atoms with Crippen LogP contribution in [-0.4, -0.2) is 41.2 Å². The van der Waals surface area contributed by atoms with Crippen molar-refractivity contribution in [2.75, 3.05) is 26.2 Å². The Labute approximate surface area is 116 Å². The lowest BCUT2D eigenvalue weighted by atomic mass is 9.82. The SMILES string of the molecule is CCN(CC)CCc1noc(C(CC)(CC)CN)n1. The van der Waals surface area contributed by atoms with E-state index in [0.29, 0.717) is 12.4 Å². The maximum Gasteiger partial charge on any atom is 0.234 e. The van der Waals surface area contributed by atoms with E-state index >= 15 is 0 Å². The molecule has 0 unspecified atom stereocenters. The molecule has 0 fully saturated rings. The molecule has 1 aromatic heterocycles. The first-order valence-corrected chi connectivity index (χ1v) is 7.41. The Morgan fingerprint density at radius 1 is 1.16 bits per heavy atom. The first-order valence-electron chi connectivity index (χ1n) is 7.41. The molecule has 0 saturated carbocycles. The van der Waals surface area contributed by atoms with Gasteiger partial charge in [-0.15, -0.1) is 0 Å². The highest BCUT2D eigenvalue weighted by atomic mass is 16.5. The standard InChI is InChI=1S/C14H28N4O/c1-5-14(6-2,11-15)13-16-12(17-19-13)9-10-18(7-3)8-4/h5-11,15H2,1-4H3. The molecule has 0 spiro atoms. The quantitative estimate of drug-likeness (QED) is 0.741. The zero-order chi connectivity index (χ0) is 14.3. The molecule has 5 heteroatoms. The van der Waals surface area contributed by atoms with Crippen molar-refractivity contribution in [3.8, 4) is 0 Å². The summed E-state index contributed by atoms with van der Waals surface area (Å²) < 4.78 is 5.44. The normalized spacial score (nSPS) is 12.3. The molecule has 0 saturated heterocycles. The molecule has 1 aromatic rings. The van der Waals surface area contributed by atoms with Gasteiger partial charge in [-0.1, -0.05) is 32.9 Å². The third kappa shape index (κ3) is 3.76. The summed E-state index contributed by atoms with van der Waals surface area (Å²) in [6, 6.07) is 0. The van der Waals surface area contributed by atoms with Crippen LogP contribution in [0.5, 0.6) is 0 Å². The van der Waals surface area contributed by atoms with Gasteiger partial charge in [0.25, 0.3) is 0 Å². The van der Waals surface area contributed by atoms with Crippen LogP contribution in [0.25, 0.3) is 0 Å². The maximum atomic E-state index is 5.90. The number of hydrogen-bond acceptors (Lipinski definition) is 5.